The number of carboxylic acids is 1. The van der Waals surface area contributed by atoms with Gasteiger partial charge in [0.1, 0.15) is 5.69 Å². The first-order valence-corrected chi connectivity index (χ1v) is 6.30. The summed E-state index contributed by atoms with van der Waals surface area (Å²) in [6.45, 7) is 1.33. The fourth-order valence-electron chi connectivity index (χ4n) is 1.63. The van der Waals surface area contributed by atoms with Crippen LogP contribution in [0.5, 0.6) is 11.5 Å². The van der Waals surface area contributed by atoms with Crippen LogP contribution in [0.1, 0.15) is 6.92 Å². The van der Waals surface area contributed by atoms with Crippen LogP contribution < -0.4 is 4.74 Å². The van der Waals surface area contributed by atoms with Gasteiger partial charge in [0.15, 0.2) is 23.4 Å². The smallest absolute Gasteiger partial charge is 0.344 e. The summed E-state index contributed by atoms with van der Waals surface area (Å²) in [6, 6.07) is 5.16. The Kier molecular flexibility index (Phi) is 4.28. The molecule has 0 aliphatic carbocycles. The minimum absolute atomic E-state index is 0.0111. The van der Waals surface area contributed by atoms with E-state index in [-0.39, 0.29) is 22.2 Å². The Balaban J connectivity index is 2.32. The van der Waals surface area contributed by atoms with E-state index in [1.54, 1.807) is 0 Å². The van der Waals surface area contributed by atoms with Gasteiger partial charge in [-0.3, -0.25) is 4.98 Å². The predicted octanol–water partition coefficient (Wildman–Crippen LogP) is 3.10. The maximum Gasteiger partial charge on any atom is 0.344 e. The average Bonchev–Trinajstić information content (AvgIpc) is 2.41. The molecule has 5 nitrogen and oxygen atoms in total. The molecule has 2 aromatic rings. The van der Waals surface area contributed by atoms with E-state index in [0.717, 1.165) is 6.07 Å². The molecule has 0 aliphatic heterocycles. The summed E-state index contributed by atoms with van der Waals surface area (Å²) in [5.41, 5.74) is 0.338. The van der Waals surface area contributed by atoms with Crippen molar-refractivity contribution in [2.45, 2.75) is 13.0 Å². The fourth-order valence-corrected chi connectivity index (χ4v) is 1.78. The van der Waals surface area contributed by atoms with Gasteiger partial charge >= 0.3 is 5.97 Å². The Morgan fingerprint density at radius 3 is 2.71 bits per heavy atom. The molecule has 0 amide bonds. The number of aliphatic carboxylic acids is 1. The van der Waals surface area contributed by atoms with Crippen molar-refractivity contribution in [3.63, 3.8) is 0 Å². The van der Waals surface area contributed by atoms with E-state index in [0.29, 0.717) is 5.56 Å². The molecule has 1 heterocycles. The van der Waals surface area contributed by atoms with Crippen LogP contribution in [0.2, 0.25) is 5.02 Å². The van der Waals surface area contributed by atoms with Crippen molar-refractivity contribution in [3.05, 3.63) is 41.3 Å². The number of nitrogens with zero attached hydrogens (tertiary/aromatic N) is 1. The number of pyridine rings is 1. The molecule has 0 aliphatic rings. The summed E-state index contributed by atoms with van der Waals surface area (Å²) in [5.74, 6) is -2.11. The van der Waals surface area contributed by atoms with Crippen molar-refractivity contribution in [3.8, 4) is 22.8 Å². The molecule has 2 N–H and O–H groups in total. The van der Waals surface area contributed by atoms with Crippen molar-refractivity contribution in [1.29, 1.82) is 0 Å². The van der Waals surface area contributed by atoms with Crippen LogP contribution in [0.15, 0.2) is 30.5 Å². The van der Waals surface area contributed by atoms with Gasteiger partial charge in [-0.1, -0.05) is 11.6 Å². The highest BCUT2D eigenvalue weighted by atomic mass is 35.5. The number of hydrogen-bond acceptors (Lipinski definition) is 4. The molecule has 1 atom stereocenters. The van der Waals surface area contributed by atoms with E-state index in [1.807, 2.05) is 0 Å². The Morgan fingerprint density at radius 1 is 1.43 bits per heavy atom. The van der Waals surface area contributed by atoms with E-state index in [2.05, 4.69) is 4.98 Å². The second kappa shape index (κ2) is 5.97. The number of carboxylic acid groups (broad SMARTS) is 1. The number of hydrogen-bond donors (Lipinski definition) is 2. The molecule has 0 bridgehead atoms. The third-order valence-corrected chi connectivity index (χ3v) is 2.90. The molecule has 7 heteroatoms. The van der Waals surface area contributed by atoms with Gasteiger partial charge in [-0.15, -0.1) is 0 Å². The summed E-state index contributed by atoms with van der Waals surface area (Å²) >= 11 is 5.62. The molecular formula is C14H11ClFNO4. The number of rotatable bonds is 4. The number of aromatic nitrogens is 1. The van der Waals surface area contributed by atoms with E-state index >= 15 is 0 Å². The second-order valence-corrected chi connectivity index (χ2v) is 4.70. The topological polar surface area (TPSA) is 79.7 Å². The molecule has 0 radical (unpaired) electrons. The minimum Gasteiger partial charge on any atom is -0.504 e. The highest BCUT2D eigenvalue weighted by molar-refractivity contribution is 6.30. The van der Waals surface area contributed by atoms with Crippen LogP contribution in [0.25, 0.3) is 11.3 Å². The molecule has 0 fully saturated rings. The number of phenols is 1. The van der Waals surface area contributed by atoms with Gasteiger partial charge in [-0.05, 0) is 31.2 Å². The molecule has 0 saturated heterocycles. The Morgan fingerprint density at radius 2 is 2.14 bits per heavy atom. The van der Waals surface area contributed by atoms with E-state index < -0.39 is 17.9 Å². The van der Waals surface area contributed by atoms with E-state index in [4.69, 9.17) is 21.4 Å². The summed E-state index contributed by atoms with van der Waals surface area (Å²) in [5, 5.41) is 18.7. The SMILES string of the molecule is C[C@@H](Oc1ccc(-c2ncc(Cl)cc2F)cc1O)C(=O)O. The summed E-state index contributed by atoms with van der Waals surface area (Å²) in [4.78, 5) is 14.6. The maximum atomic E-state index is 13.7. The average molecular weight is 312 g/mol. The van der Waals surface area contributed by atoms with Gasteiger partial charge in [-0.25, -0.2) is 9.18 Å². The standard InChI is InChI=1S/C14H11ClFNO4/c1-7(14(19)20)21-12-3-2-8(4-11(12)18)13-10(16)5-9(15)6-17-13/h2-7,18H,1H3,(H,19,20)/t7-/m1/s1. The molecule has 2 rings (SSSR count). The Labute approximate surface area is 124 Å². The lowest BCUT2D eigenvalue weighted by Crippen LogP contribution is -2.22. The highest BCUT2D eigenvalue weighted by Crippen LogP contribution is 2.32. The van der Waals surface area contributed by atoms with Gasteiger partial charge < -0.3 is 14.9 Å². The molecule has 0 unspecified atom stereocenters. The quantitative estimate of drug-likeness (QED) is 0.907. The molecule has 1 aromatic heterocycles. The lowest BCUT2D eigenvalue weighted by molar-refractivity contribution is -0.144. The van der Waals surface area contributed by atoms with Gasteiger partial charge in [0.25, 0.3) is 0 Å². The first-order chi connectivity index (χ1) is 9.88. The predicted molar refractivity (Wildman–Crippen MR) is 74.0 cm³/mol. The molecule has 1 aromatic carbocycles. The van der Waals surface area contributed by atoms with Crippen molar-refractivity contribution in [2.24, 2.45) is 0 Å². The minimum atomic E-state index is -1.16. The first kappa shape index (κ1) is 15.1. The van der Waals surface area contributed by atoms with Crippen LogP contribution in [0, 0.1) is 5.82 Å². The van der Waals surface area contributed by atoms with Crippen LogP contribution in [0.4, 0.5) is 4.39 Å². The number of aromatic hydroxyl groups is 1. The van der Waals surface area contributed by atoms with Crippen molar-refractivity contribution < 1.29 is 24.1 Å². The number of halogens is 2. The fraction of sp³-hybridized carbons (Fsp3) is 0.143. The molecule has 0 saturated carbocycles. The zero-order valence-electron chi connectivity index (χ0n) is 10.9. The summed E-state index contributed by atoms with van der Waals surface area (Å²) in [7, 11) is 0. The zero-order chi connectivity index (χ0) is 15.6. The summed E-state index contributed by atoms with van der Waals surface area (Å²) in [6.07, 6.45) is 0.167. The van der Waals surface area contributed by atoms with Crippen molar-refractivity contribution in [1.82, 2.24) is 4.98 Å². The Bertz CT molecular complexity index is 693. The van der Waals surface area contributed by atoms with E-state index in [1.165, 1.54) is 31.3 Å². The van der Waals surface area contributed by atoms with Gasteiger partial charge in [0.2, 0.25) is 0 Å². The first-order valence-electron chi connectivity index (χ1n) is 5.92. The summed E-state index contributed by atoms with van der Waals surface area (Å²) < 4.78 is 18.8. The van der Waals surface area contributed by atoms with Crippen molar-refractivity contribution in [2.75, 3.05) is 0 Å². The van der Waals surface area contributed by atoms with Crippen LogP contribution >= 0.6 is 11.6 Å². The lowest BCUT2D eigenvalue weighted by atomic mass is 10.1. The highest BCUT2D eigenvalue weighted by Gasteiger charge is 2.16. The maximum absolute atomic E-state index is 13.7. The van der Waals surface area contributed by atoms with E-state index in [9.17, 15) is 14.3 Å². The zero-order valence-corrected chi connectivity index (χ0v) is 11.6. The monoisotopic (exact) mass is 311 g/mol. The number of benzene rings is 1. The van der Waals surface area contributed by atoms with Crippen molar-refractivity contribution >= 4 is 17.6 Å². The number of phenolic OH excluding ortho intramolecular Hbond substituents is 1. The van der Waals surface area contributed by atoms with Crippen LogP contribution in [-0.2, 0) is 4.79 Å². The van der Waals surface area contributed by atoms with Gasteiger partial charge in [-0.2, -0.15) is 0 Å². The molecular weight excluding hydrogens is 301 g/mol. The van der Waals surface area contributed by atoms with Crippen LogP contribution in [0.3, 0.4) is 0 Å². The second-order valence-electron chi connectivity index (χ2n) is 4.26. The van der Waals surface area contributed by atoms with Crippen LogP contribution in [-0.4, -0.2) is 27.3 Å². The molecule has 0 spiro atoms. The number of carbonyl (C=O) groups is 1. The largest absolute Gasteiger partial charge is 0.504 e. The third-order valence-electron chi connectivity index (χ3n) is 2.69. The lowest BCUT2D eigenvalue weighted by Gasteiger charge is -2.12. The normalized spacial score (nSPS) is 12.0. The third kappa shape index (κ3) is 3.41. The van der Waals surface area contributed by atoms with Gasteiger partial charge in [0, 0.05) is 11.8 Å². The molecule has 21 heavy (non-hydrogen) atoms. The van der Waals surface area contributed by atoms with Gasteiger partial charge in [0.05, 0.1) is 5.02 Å². The Hall–Kier alpha value is -2.34. The molecule has 110 valence electrons. The number of ether oxygens (including phenoxy) is 1.